The second-order valence-electron chi connectivity index (χ2n) is 4.64. The molecular formula is C12H18ClN3O. The van der Waals surface area contributed by atoms with Gasteiger partial charge in [-0.25, -0.2) is 0 Å². The first-order valence-electron chi connectivity index (χ1n) is 5.94. The van der Waals surface area contributed by atoms with E-state index in [9.17, 15) is 4.79 Å². The van der Waals surface area contributed by atoms with Crippen LogP contribution in [0.2, 0.25) is 0 Å². The van der Waals surface area contributed by atoms with Crippen molar-refractivity contribution in [2.45, 2.75) is 32.1 Å². The van der Waals surface area contributed by atoms with Crippen LogP contribution in [0.3, 0.4) is 0 Å². The molecule has 0 radical (unpaired) electrons. The monoisotopic (exact) mass is 255 g/mol. The molecule has 17 heavy (non-hydrogen) atoms. The zero-order chi connectivity index (χ0) is 12.6. The SMILES string of the molecule is Cc1nn(C)c(C)c1C(=O)N1CCC(Cl)CC1. The van der Waals surface area contributed by atoms with E-state index in [0.717, 1.165) is 42.9 Å². The van der Waals surface area contributed by atoms with E-state index in [4.69, 9.17) is 11.6 Å². The maximum absolute atomic E-state index is 12.4. The van der Waals surface area contributed by atoms with Crippen molar-refractivity contribution in [1.29, 1.82) is 0 Å². The Morgan fingerprint density at radius 1 is 1.35 bits per heavy atom. The number of nitrogens with zero attached hydrogens (tertiary/aromatic N) is 3. The molecule has 5 heteroatoms. The van der Waals surface area contributed by atoms with Crippen LogP contribution < -0.4 is 0 Å². The molecule has 0 N–H and O–H groups in total. The number of carbonyl (C=O) groups is 1. The summed E-state index contributed by atoms with van der Waals surface area (Å²) in [4.78, 5) is 14.3. The quantitative estimate of drug-likeness (QED) is 0.719. The number of amides is 1. The Hall–Kier alpha value is -1.03. The van der Waals surface area contributed by atoms with Crippen LogP contribution in [0, 0.1) is 13.8 Å². The maximum Gasteiger partial charge on any atom is 0.257 e. The summed E-state index contributed by atoms with van der Waals surface area (Å²) in [5, 5.41) is 4.50. The predicted molar refractivity (Wildman–Crippen MR) is 67.5 cm³/mol. The fraction of sp³-hybridized carbons (Fsp3) is 0.667. The first-order valence-corrected chi connectivity index (χ1v) is 6.38. The molecule has 1 aliphatic heterocycles. The largest absolute Gasteiger partial charge is 0.338 e. The minimum absolute atomic E-state index is 0.0941. The van der Waals surface area contributed by atoms with Crippen LogP contribution in [-0.4, -0.2) is 39.1 Å². The molecule has 1 aromatic heterocycles. The fourth-order valence-corrected chi connectivity index (χ4v) is 2.49. The van der Waals surface area contributed by atoms with Crippen molar-refractivity contribution in [1.82, 2.24) is 14.7 Å². The zero-order valence-corrected chi connectivity index (χ0v) is 11.3. The number of aromatic nitrogens is 2. The van der Waals surface area contributed by atoms with Gasteiger partial charge in [-0.05, 0) is 26.7 Å². The van der Waals surface area contributed by atoms with Crippen LogP contribution in [0.15, 0.2) is 0 Å². The lowest BCUT2D eigenvalue weighted by Gasteiger charge is -2.29. The van der Waals surface area contributed by atoms with E-state index in [1.54, 1.807) is 4.68 Å². The Balaban J connectivity index is 2.20. The van der Waals surface area contributed by atoms with Gasteiger partial charge in [0.1, 0.15) is 0 Å². The zero-order valence-electron chi connectivity index (χ0n) is 10.5. The minimum Gasteiger partial charge on any atom is -0.338 e. The smallest absolute Gasteiger partial charge is 0.257 e. The van der Waals surface area contributed by atoms with E-state index < -0.39 is 0 Å². The van der Waals surface area contributed by atoms with E-state index in [1.807, 2.05) is 25.8 Å². The second-order valence-corrected chi connectivity index (χ2v) is 5.25. The number of likely N-dealkylation sites (tertiary alicyclic amines) is 1. The normalized spacial score (nSPS) is 17.5. The molecule has 0 atom stereocenters. The van der Waals surface area contributed by atoms with E-state index in [1.165, 1.54) is 0 Å². The van der Waals surface area contributed by atoms with Gasteiger partial charge in [0.15, 0.2) is 0 Å². The van der Waals surface area contributed by atoms with Crippen LogP contribution in [0.5, 0.6) is 0 Å². The van der Waals surface area contributed by atoms with Crippen molar-refractivity contribution >= 4 is 17.5 Å². The summed E-state index contributed by atoms with van der Waals surface area (Å²) in [7, 11) is 1.87. The fourth-order valence-electron chi connectivity index (χ4n) is 2.29. The van der Waals surface area contributed by atoms with Crippen LogP contribution in [0.1, 0.15) is 34.6 Å². The van der Waals surface area contributed by atoms with Crippen molar-refractivity contribution in [3.63, 3.8) is 0 Å². The number of alkyl halides is 1. The molecule has 2 heterocycles. The third kappa shape index (κ3) is 2.32. The Labute approximate surface area is 107 Å². The lowest BCUT2D eigenvalue weighted by atomic mass is 10.1. The molecule has 1 aliphatic rings. The van der Waals surface area contributed by atoms with Crippen LogP contribution >= 0.6 is 11.6 Å². The molecule has 94 valence electrons. The first-order chi connectivity index (χ1) is 8.00. The lowest BCUT2D eigenvalue weighted by molar-refractivity contribution is 0.0725. The molecule has 1 aromatic rings. The topological polar surface area (TPSA) is 38.1 Å². The number of rotatable bonds is 1. The molecule has 0 aromatic carbocycles. The third-order valence-corrected chi connectivity index (χ3v) is 3.87. The van der Waals surface area contributed by atoms with Gasteiger partial charge in [0.25, 0.3) is 5.91 Å². The van der Waals surface area contributed by atoms with Crippen LogP contribution in [-0.2, 0) is 7.05 Å². The summed E-state index contributed by atoms with van der Waals surface area (Å²) in [5.74, 6) is 0.0941. The van der Waals surface area contributed by atoms with E-state index in [-0.39, 0.29) is 11.3 Å². The highest BCUT2D eigenvalue weighted by atomic mass is 35.5. The molecule has 0 unspecified atom stereocenters. The van der Waals surface area contributed by atoms with Crippen molar-refractivity contribution in [3.8, 4) is 0 Å². The summed E-state index contributed by atoms with van der Waals surface area (Å²) in [5.41, 5.74) is 2.49. The number of hydrogen-bond acceptors (Lipinski definition) is 2. The predicted octanol–water partition coefficient (Wildman–Crippen LogP) is 1.88. The Morgan fingerprint density at radius 3 is 2.41 bits per heavy atom. The molecule has 1 fully saturated rings. The van der Waals surface area contributed by atoms with Crippen molar-refractivity contribution < 1.29 is 4.79 Å². The van der Waals surface area contributed by atoms with Gasteiger partial charge in [0.05, 0.1) is 11.3 Å². The molecule has 1 amide bonds. The van der Waals surface area contributed by atoms with Gasteiger partial charge in [-0.15, -0.1) is 11.6 Å². The number of aryl methyl sites for hydroxylation is 2. The summed E-state index contributed by atoms with van der Waals surface area (Å²) < 4.78 is 1.76. The molecule has 4 nitrogen and oxygen atoms in total. The summed E-state index contributed by atoms with van der Waals surface area (Å²) in [6, 6.07) is 0. The average Bonchev–Trinajstić information content (AvgIpc) is 2.53. The summed E-state index contributed by atoms with van der Waals surface area (Å²) >= 11 is 6.04. The standard InChI is InChI=1S/C12H18ClN3O/c1-8-11(9(2)15(3)14-8)12(17)16-6-4-10(13)5-7-16/h10H,4-7H2,1-3H3. The van der Waals surface area contributed by atoms with Crippen molar-refractivity contribution in [3.05, 3.63) is 17.0 Å². The van der Waals surface area contributed by atoms with Gasteiger partial charge in [0, 0.05) is 31.2 Å². The molecular weight excluding hydrogens is 238 g/mol. The van der Waals surface area contributed by atoms with E-state index in [2.05, 4.69) is 5.10 Å². The maximum atomic E-state index is 12.4. The summed E-state index contributed by atoms with van der Waals surface area (Å²) in [6.07, 6.45) is 1.76. The van der Waals surface area contributed by atoms with Gasteiger partial charge >= 0.3 is 0 Å². The highest BCUT2D eigenvalue weighted by molar-refractivity contribution is 6.20. The van der Waals surface area contributed by atoms with Gasteiger partial charge in [-0.3, -0.25) is 9.48 Å². The molecule has 1 saturated heterocycles. The Bertz CT molecular complexity index is 433. The Kier molecular flexibility index (Phi) is 3.43. The minimum atomic E-state index is 0.0941. The van der Waals surface area contributed by atoms with Crippen molar-refractivity contribution in [2.75, 3.05) is 13.1 Å². The van der Waals surface area contributed by atoms with E-state index >= 15 is 0 Å². The van der Waals surface area contributed by atoms with Gasteiger partial charge in [-0.1, -0.05) is 0 Å². The Morgan fingerprint density at radius 2 is 1.94 bits per heavy atom. The number of hydrogen-bond donors (Lipinski definition) is 0. The molecule has 2 rings (SSSR count). The molecule has 0 saturated carbocycles. The van der Waals surface area contributed by atoms with Gasteiger partial charge in [0.2, 0.25) is 0 Å². The highest BCUT2D eigenvalue weighted by Crippen LogP contribution is 2.20. The number of piperidine rings is 1. The lowest BCUT2D eigenvalue weighted by Crippen LogP contribution is -2.39. The van der Waals surface area contributed by atoms with Crippen LogP contribution in [0.4, 0.5) is 0 Å². The molecule has 0 spiro atoms. The van der Waals surface area contributed by atoms with Gasteiger partial charge < -0.3 is 4.90 Å². The number of carbonyl (C=O) groups excluding carboxylic acids is 1. The van der Waals surface area contributed by atoms with Crippen molar-refractivity contribution in [2.24, 2.45) is 7.05 Å². The first kappa shape index (κ1) is 12.4. The van der Waals surface area contributed by atoms with Gasteiger partial charge in [-0.2, -0.15) is 5.10 Å². The number of halogens is 1. The second kappa shape index (κ2) is 4.69. The third-order valence-electron chi connectivity index (χ3n) is 3.43. The summed E-state index contributed by atoms with van der Waals surface area (Å²) in [6.45, 7) is 5.32. The van der Waals surface area contributed by atoms with Crippen LogP contribution in [0.25, 0.3) is 0 Å². The molecule has 0 aliphatic carbocycles. The molecule has 0 bridgehead atoms. The average molecular weight is 256 g/mol. The van der Waals surface area contributed by atoms with E-state index in [0.29, 0.717) is 0 Å². The highest BCUT2D eigenvalue weighted by Gasteiger charge is 2.26.